The zero-order valence-corrected chi connectivity index (χ0v) is 14.0. The molecule has 1 spiro atoms. The molecule has 0 bridgehead atoms. The molecule has 3 rings (SSSR count). The highest BCUT2D eigenvalue weighted by atomic mass is 16.5. The number of ether oxygens (including phenoxy) is 1. The van der Waals surface area contributed by atoms with Crippen molar-refractivity contribution in [2.24, 2.45) is 5.41 Å². The molecule has 1 aromatic heterocycles. The van der Waals surface area contributed by atoms with Gasteiger partial charge in [0.15, 0.2) is 0 Å². The summed E-state index contributed by atoms with van der Waals surface area (Å²) >= 11 is 0. The first-order chi connectivity index (χ1) is 11.2. The van der Waals surface area contributed by atoms with Gasteiger partial charge >= 0.3 is 0 Å². The largest absolute Gasteiger partial charge is 0.378 e. The van der Waals surface area contributed by atoms with Crippen LogP contribution in [0.4, 0.5) is 0 Å². The van der Waals surface area contributed by atoms with Crippen molar-refractivity contribution in [3.8, 4) is 0 Å². The Bertz CT molecular complexity index is 514. The average molecular weight is 317 g/mol. The van der Waals surface area contributed by atoms with Gasteiger partial charge in [0.25, 0.3) is 0 Å². The fourth-order valence-electron chi connectivity index (χ4n) is 4.24. The molecule has 2 saturated carbocycles. The number of hydrogen-bond donors (Lipinski definition) is 1. The Morgan fingerprint density at radius 2 is 2.22 bits per heavy atom. The molecule has 2 aliphatic rings. The Hall–Kier alpha value is -1.49. The van der Waals surface area contributed by atoms with Crippen molar-refractivity contribution in [2.75, 3.05) is 6.61 Å². The lowest BCUT2D eigenvalue weighted by molar-refractivity contribution is -0.157. The molecule has 5 nitrogen and oxygen atoms in total. The Labute approximate surface area is 138 Å². The summed E-state index contributed by atoms with van der Waals surface area (Å²) in [6.07, 6.45) is 11.9. The summed E-state index contributed by atoms with van der Waals surface area (Å²) in [5, 5.41) is 3.27. The minimum absolute atomic E-state index is 0.133. The van der Waals surface area contributed by atoms with E-state index in [0.717, 1.165) is 18.7 Å². The first-order valence-electron chi connectivity index (χ1n) is 8.90. The van der Waals surface area contributed by atoms with Crippen molar-refractivity contribution >= 4 is 5.91 Å². The van der Waals surface area contributed by atoms with Crippen LogP contribution in [0, 0.1) is 5.41 Å². The Kier molecular flexibility index (Phi) is 5.26. The maximum Gasteiger partial charge on any atom is 0.220 e. The SMILES string of the molecule is CCOC1CC(NC(=O)CCc2ccncn2)C12CCCCC2. The Morgan fingerprint density at radius 1 is 1.39 bits per heavy atom. The third kappa shape index (κ3) is 3.55. The number of carbonyl (C=O) groups is 1. The molecule has 1 N–H and O–H groups in total. The molecule has 0 saturated heterocycles. The van der Waals surface area contributed by atoms with Gasteiger partial charge in [0.2, 0.25) is 5.91 Å². The maximum atomic E-state index is 12.3. The minimum atomic E-state index is 0.133. The number of amides is 1. The van der Waals surface area contributed by atoms with Crippen LogP contribution < -0.4 is 5.32 Å². The van der Waals surface area contributed by atoms with Gasteiger partial charge < -0.3 is 10.1 Å². The monoisotopic (exact) mass is 317 g/mol. The van der Waals surface area contributed by atoms with Crippen LogP contribution in [0.25, 0.3) is 0 Å². The van der Waals surface area contributed by atoms with Crippen LogP contribution in [-0.4, -0.2) is 34.6 Å². The molecular weight excluding hydrogens is 290 g/mol. The molecule has 1 amide bonds. The second-order valence-corrected chi connectivity index (χ2v) is 6.79. The van der Waals surface area contributed by atoms with Gasteiger partial charge in [0.1, 0.15) is 6.33 Å². The lowest BCUT2D eigenvalue weighted by atomic mass is 9.55. The summed E-state index contributed by atoms with van der Waals surface area (Å²) in [6.45, 7) is 2.82. The predicted octanol–water partition coefficient (Wildman–Crippen LogP) is 2.65. The van der Waals surface area contributed by atoms with Crippen LogP contribution >= 0.6 is 0 Å². The number of rotatable bonds is 6. The van der Waals surface area contributed by atoms with E-state index in [9.17, 15) is 4.79 Å². The van der Waals surface area contributed by atoms with Crippen molar-refractivity contribution in [2.45, 2.75) is 70.4 Å². The van der Waals surface area contributed by atoms with Crippen molar-refractivity contribution in [1.82, 2.24) is 15.3 Å². The molecule has 2 unspecified atom stereocenters. The zero-order valence-electron chi connectivity index (χ0n) is 14.0. The number of nitrogens with zero attached hydrogens (tertiary/aromatic N) is 2. The van der Waals surface area contributed by atoms with E-state index in [4.69, 9.17) is 4.74 Å². The fourth-order valence-corrected chi connectivity index (χ4v) is 4.24. The molecule has 0 aliphatic heterocycles. The first-order valence-corrected chi connectivity index (χ1v) is 8.90. The molecule has 23 heavy (non-hydrogen) atoms. The van der Waals surface area contributed by atoms with E-state index in [1.54, 1.807) is 6.20 Å². The van der Waals surface area contributed by atoms with Gasteiger partial charge in [-0.05, 0) is 38.7 Å². The van der Waals surface area contributed by atoms with Crippen molar-refractivity contribution in [1.29, 1.82) is 0 Å². The molecule has 5 heteroatoms. The number of hydrogen-bond acceptors (Lipinski definition) is 4. The third-order valence-corrected chi connectivity index (χ3v) is 5.52. The van der Waals surface area contributed by atoms with Gasteiger partial charge in [-0.15, -0.1) is 0 Å². The molecule has 2 aliphatic carbocycles. The highest BCUT2D eigenvalue weighted by molar-refractivity contribution is 5.76. The number of carbonyl (C=O) groups excluding carboxylic acids is 1. The lowest BCUT2D eigenvalue weighted by Gasteiger charge is -2.57. The number of aryl methyl sites for hydroxylation is 1. The molecule has 2 atom stereocenters. The van der Waals surface area contributed by atoms with Crippen molar-refractivity contribution in [3.05, 3.63) is 24.3 Å². The van der Waals surface area contributed by atoms with Crippen LogP contribution in [0.2, 0.25) is 0 Å². The van der Waals surface area contributed by atoms with Gasteiger partial charge in [-0.3, -0.25) is 4.79 Å². The molecule has 0 aromatic carbocycles. The van der Waals surface area contributed by atoms with E-state index in [1.165, 1.54) is 38.4 Å². The predicted molar refractivity (Wildman–Crippen MR) is 87.8 cm³/mol. The van der Waals surface area contributed by atoms with E-state index >= 15 is 0 Å². The van der Waals surface area contributed by atoms with Crippen molar-refractivity contribution in [3.63, 3.8) is 0 Å². The lowest BCUT2D eigenvalue weighted by Crippen LogP contribution is -2.65. The third-order valence-electron chi connectivity index (χ3n) is 5.52. The second-order valence-electron chi connectivity index (χ2n) is 6.79. The standard InChI is InChI=1S/C18H27N3O2/c1-2-23-16-12-15(18(16)9-4-3-5-10-18)21-17(22)7-6-14-8-11-19-13-20-14/h8,11,13,15-16H,2-7,9-10,12H2,1H3,(H,21,22). The summed E-state index contributed by atoms with van der Waals surface area (Å²) in [7, 11) is 0. The quantitative estimate of drug-likeness (QED) is 0.876. The van der Waals surface area contributed by atoms with E-state index in [2.05, 4.69) is 22.2 Å². The van der Waals surface area contributed by atoms with E-state index in [0.29, 0.717) is 18.9 Å². The average Bonchev–Trinajstić information content (AvgIpc) is 2.61. The van der Waals surface area contributed by atoms with Crippen LogP contribution in [-0.2, 0) is 16.0 Å². The van der Waals surface area contributed by atoms with E-state index in [1.807, 2.05) is 6.07 Å². The Balaban J connectivity index is 1.53. The minimum Gasteiger partial charge on any atom is -0.378 e. The summed E-state index contributed by atoms with van der Waals surface area (Å²) in [5.41, 5.74) is 1.11. The summed E-state index contributed by atoms with van der Waals surface area (Å²) in [4.78, 5) is 20.4. The van der Waals surface area contributed by atoms with Gasteiger partial charge in [-0.25, -0.2) is 9.97 Å². The van der Waals surface area contributed by atoms with Gasteiger partial charge in [-0.1, -0.05) is 19.3 Å². The summed E-state index contributed by atoms with van der Waals surface area (Å²) in [5.74, 6) is 0.133. The topological polar surface area (TPSA) is 64.1 Å². The summed E-state index contributed by atoms with van der Waals surface area (Å²) in [6, 6.07) is 2.15. The van der Waals surface area contributed by atoms with Crippen LogP contribution in [0.3, 0.4) is 0 Å². The molecule has 126 valence electrons. The van der Waals surface area contributed by atoms with Crippen LogP contribution in [0.5, 0.6) is 0 Å². The number of nitrogens with one attached hydrogen (secondary N) is 1. The normalized spacial score (nSPS) is 25.8. The highest BCUT2D eigenvalue weighted by Crippen LogP contribution is 2.53. The highest BCUT2D eigenvalue weighted by Gasteiger charge is 2.55. The van der Waals surface area contributed by atoms with Crippen LogP contribution in [0.1, 0.15) is 57.6 Å². The van der Waals surface area contributed by atoms with E-state index in [-0.39, 0.29) is 17.4 Å². The number of aromatic nitrogens is 2. The van der Waals surface area contributed by atoms with Crippen molar-refractivity contribution < 1.29 is 9.53 Å². The van der Waals surface area contributed by atoms with Crippen LogP contribution in [0.15, 0.2) is 18.6 Å². The molecular formula is C18H27N3O2. The van der Waals surface area contributed by atoms with E-state index < -0.39 is 0 Å². The Morgan fingerprint density at radius 3 is 2.91 bits per heavy atom. The van der Waals surface area contributed by atoms with Gasteiger partial charge in [-0.2, -0.15) is 0 Å². The zero-order chi connectivity index (χ0) is 16.1. The smallest absolute Gasteiger partial charge is 0.220 e. The summed E-state index contributed by atoms with van der Waals surface area (Å²) < 4.78 is 5.94. The molecule has 1 heterocycles. The maximum absolute atomic E-state index is 12.3. The first kappa shape index (κ1) is 16.4. The fraction of sp³-hybridized carbons (Fsp3) is 0.722. The molecule has 0 radical (unpaired) electrons. The second kappa shape index (κ2) is 7.39. The molecule has 2 fully saturated rings. The molecule has 1 aromatic rings. The van der Waals surface area contributed by atoms with Gasteiger partial charge in [0.05, 0.1) is 6.10 Å². The van der Waals surface area contributed by atoms with Gasteiger partial charge in [0, 0.05) is 36.4 Å².